The predicted molar refractivity (Wildman–Crippen MR) is 462 cm³/mol. The van der Waals surface area contributed by atoms with Crippen LogP contribution in [0.4, 0.5) is 51.2 Å². The van der Waals surface area contributed by atoms with Gasteiger partial charge in [0, 0.05) is 178 Å². The molecule has 0 aromatic heterocycles. The van der Waals surface area contributed by atoms with Gasteiger partial charge in [-0.25, -0.2) is 0 Å². The second kappa shape index (κ2) is 38.5. The zero-order valence-electron chi connectivity index (χ0n) is 65.9. The molecule has 19 nitrogen and oxygen atoms in total. The van der Waals surface area contributed by atoms with Crippen LogP contribution in [-0.4, -0.2) is 202 Å². The van der Waals surface area contributed by atoms with Gasteiger partial charge in [-0.05, 0) is 185 Å². The fourth-order valence-corrected chi connectivity index (χ4v) is 16.8. The number of para-hydroxylation sites is 6. The van der Waals surface area contributed by atoms with Crippen LogP contribution >= 0.6 is 0 Å². The first-order chi connectivity index (χ1) is 55.7. The van der Waals surface area contributed by atoms with Gasteiger partial charge >= 0.3 is 0 Å². The lowest BCUT2D eigenvalue weighted by Crippen LogP contribution is -2.56. The normalized spacial score (nSPS) is 18.2. The topological polar surface area (TPSA) is 201 Å². The van der Waals surface area contributed by atoms with Crippen LogP contribution < -0.4 is 45.3 Å². The molecule has 9 aromatic rings. The minimum atomic E-state index is -0.131. The van der Waals surface area contributed by atoms with E-state index in [-0.39, 0.29) is 55.7 Å². The molecule has 6 aliphatic rings. The number of hydrogen-bond donors (Lipinski definition) is 6. The molecule has 6 N–H and O–H groups in total. The number of nitriles is 1. The van der Waals surface area contributed by atoms with E-state index >= 15 is 0 Å². The third-order valence-electron chi connectivity index (χ3n) is 23.4. The summed E-state index contributed by atoms with van der Waals surface area (Å²) in [7, 11) is 0. The SMILES string of the molecule is C#Cc1ccccc1N1CCC(Nc2cc(C(=O)N3CCN(c4ccccc4)[C@@H](CO)C3)ccc2C)CC1.C#Cc1ccccc1N1CCC(Nc2cc(C(=O)N3CCN(c4ccccc4)[C@H](CO)C3)ccc2C)CC1.Cc1ccc(NC2CCN(c3ccccc3C#N)CC2)cc1C(=O)N1CCN(c2ccccc2)[C@H](CO)C1. The van der Waals surface area contributed by atoms with Crippen molar-refractivity contribution in [1.29, 1.82) is 5.26 Å². The van der Waals surface area contributed by atoms with Gasteiger partial charge in [0.05, 0.1) is 60.6 Å². The van der Waals surface area contributed by atoms with E-state index in [4.69, 9.17) is 12.8 Å². The zero-order valence-corrected chi connectivity index (χ0v) is 65.9. The van der Waals surface area contributed by atoms with Crippen LogP contribution in [0.5, 0.6) is 0 Å². The van der Waals surface area contributed by atoms with Crippen LogP contribution in [0.3, 0.4) is 0 Å². The Bertz CT molecular complexity index is 4650. The molecule has 3 amide bonds. The van der Waals surface area contributed by atoms with Crippen LogP contribution in [0.1, 0.15) is 103 Å². The Morgan fingerprint density at radius 3 is 1.06 bits per heavy atom. The van der Waals surface area contributed by atoms with Crippen LogP contribution in [0.15, 0.2) is 218 Å². The lowest BCUT2D eigenvalue weighted by molar-refractivity contribution is 0.0691. The Morgan fingerprint density at radius 2 is 0.702 bits per heavy atom. The average molecular weight is 1530 g/mol. The highest BCUT2D eigenvalue weighted by atomic mass is 16.3. The Kier molecular flexibility index (Phi) is 27.1. The molecule has 6 saturated heterocycles. The number of amides is 3. The van der Waals surface area contributed by atoms with Gasteiger partial charge in [-0.15, -0.1) is 12.8 Å². The van der Waals surface area contributed by atoms with Crippen molar-refractivity contribution >= 4 is 68.9 Å². The molecule has 0 radical (unpaired) electrons. The molecular weight excluding hydrogens is 1420 g/mol. The van der Waals surface area contributed by atoms with Crippen LogP contribution in [0.25, 0.3) is 0 Å². The van der Waals surface area contributed by atoms with Crippen molar-refractivity contribution in [1.82, 2.24) is 14.7 Å². The van der Waals surface area contributed by atoms with Crippen molar-refractivity contribution in [2.24, 2.45) is 0 Å². The summed E-state index contributed by atoms with van der Waals surface area (Å²) in [6.07, 6.45) is 17.3. The van der Waals surface area contributed by atoms with Gasteiger partial charge in [0.25, 0.3) is 17.7 Å². The average Bonchev–Trinajstić information content (AvgIpc) is 0.801. The van der Waals surface area contributed by atoms with Gasteiger partial charge in [-0.3, -0.25) is 14.4 Å². The molecule has 6 fully saturated rings. The summed E-state index contributed by atoms with van der Waals surface area (Å²) in [4.78, 5) is 59.8. The number of piperazine rings is 3. The van der Waals surface area contributed by atoms with E-state index in [1.165, 1.54) is 0 Å². The molecule has 6 heterocycles. The number of piperidine rings is 3. The molecule has 0 aliphatic carbocycles. The Balaban J connectivity index is 0.000000149. The molecule has 9 aromatic carbocycles. The van der Waals surface area contributed by atoms with Crippen molar-refractivity contribution in [3.8, 4) is 30.8 Å². The number of terminal acetylenes is 2. The summed E-state index contributed by atoms with van der Waals surface area (Å²) in [5.41, 5.74) is 17.4. The molecular formula is C95H107N13O6. The Hall–Kier alpha value is -11.9. The summed E-state index contributed by atoms with van der Waals surface area (Å²) in [6.45, 7) is 17.0. The second-order valence-corrected chi connectivity index (χ2v) is 30.6. The standard InChI is InChI=1S/2C32H36N4O2.C31H35N5O2/c2*1-3-25-9-7-8-12-31(25)34-17-15-27(16-18-34)33-30-21-26(14-13-24(30)2)32(38)35-19-20-36(29(22-35)23-37)28-10-5-4-6-11-28;1-23-11-12-26(33-25-13-15-34(16-14-25)30-10-6-5-7-24(30)20-32)19-29(23)31(38)35-17-18-36(28(21-35)22-37)27-8-3-2-4-9-27/h2*1,4-14,21,27,29,33,37H,15-20,22-23H2,2H3;2-12,19,25,28,33,37H,13-18,21-22H2,1H3/t2*29-;28-/m100/s1. The van der Waals surface area contributed by atoms with Crippen LogP contribution in [-0.2, 0) is 0 Å². The lowest BCUT2D eigenvalue weighted by Gasteiger charge is -2.42. The number of nitrogens with zero attached hydrogens (tertiary/aromatic N) is 10. The predicted octanol–water partition coefficient (Wildman–Crippen LogP) is 13.0. The van der Waals surface area contributed by atoms with Crippen molar-refractivity contribution in [2.75, 3.05) is 163 Å². The second-order valence-electron chi connectivity index (χ2n) is 30.6. The van der Waals surface area contributed by atoms with E-state index < -0.39 is 0 Å². The van der Waals surface area contributed by atoms with Gasteiger partial charge in [0.15, 0.2) is 0 Å². The number of carbonyl (C=O) groups excluding carboxylic acids is 3. The number of hydrogen-bond acceptors (Lipinski definition) is 16. The number of nitrogens with one attached hydrogen (secondary N) is 3. The Morgan fingerprint density at radius 1 is 0.377 bits per heavy atom. The molecule has 0 spiro atoms. The monoisotopic (exact) mass is 1530 g/mol. The molecule has 114 heavy (non-hydrogen) atoms. The highest BCUT2D eigenvalue weighted by Crippen LogP contribution is 2.33. The maximum atomic E-state index is 13.6. The van der Waals surface area contributed by atoms with E-state index in [9.17, 15) is 35.0 Å². The highest BCUT2D eigenvalue weighted by molar-refractivity contribution is 5.98. The fraction of sp³-hybridized carbons (Fsp3) is 0.347. The first-order valence-corrected chi connectivity index (χ1v) is 40.3. The van der Waals surface area contributed by atoms with Crippen LogP contribution in [0.2, 0.25) is 0 Å². The van der Waals surface area contributed by atoms with E-state index in [0.29, 0.717) is 99.3 Å². The van der Waals surface area contributed by atoms with Crippen molar-refractivity contribution in [3.63, 3.8) is 0 Å². The summed E-state index contributed by atoms with van der Waals surface area (Å²) < 4.78 is 0. The summed E-state index contributed by atoms with van der Waals surface area (Å²) in [5.74, 6) is 5.65. The summed E-state index contributed by atoms with van der Waals surface area (Å²) in [5, 5.41) is 50.7. The number of aliphatic hydroxyl groups excluding tert-OH is 3. The molecule has 0 saturated carbocycles. The zero-order chi connectivity index (χ0) is 79.5. The first kappa shape index (κ1) is 80.1. The third kappa shape index (κ3) is 19.4. The van der Waals surface area contributed by atoms with Crippen molar-refractivity contribution in [3.05, 3.63) is 268 Å². The molecule has 588 valence electrons. The number of benzene rings is 9. The molecule has 0 unspecified atom stereocenters. The van der Waals surface area contributed by atoms with E-state index in [0.717, 1.165) is 157 Å². The summed E-state index contributed by atoms with van der Waals surface area (Å²) >= 11 is 0. The van der Waals surface area contributed by atoms with Gasteiger partial charge in [0.1, 0.15) is 6.07 Å². The summed E-state index contributed by atoms with van der Waals surface area (Å²) in [6, 6.07) is 75.1. The smallest absolute Gasteiger partial charge is 0.254 e. The number of carbonyl (C=O) groups is 3. The molecule has 6 aliphatic heterocycles. The molecule has 3 atom stereocenters. The van der Waals surface area contributed by atoms with Gasteiger partial charge < -0.3 is 75.4 Å². The lowest BCUT2D eigenvalue weighted by atomic mass is 10.0. The number of anilines is 9. The maximum Gasteiger partial charge on any atom is 0.254 e. The largest absolute Gasteiger partial charge is 0.394 e. The highest BCUT2D eigenvalue weighted by Gasteiger charge is 2.35. The number of aryl methyl sites for hydroxylation is 3. The van der Waals surface area contributed by atoms with Gasteiger partial charge in [-0.2, -0.15) is 5.26 Å². The fourth-order valence-electron chi connectivity index (χ4n) is 16.8. The van der Waals surface area contributed by atoms with Crippen molar-refractivity contribution in [2.45, 2.75) is 95.5 Å². The third-order valence-corrected chi connectivity index (χ3v) is 23.4. The maximum absolute atomic E-state index is 13.6. The molecule has 0 bridgehead atoms. The van der Waals surface area contributed by atoms with Crippen LogP contribution in [0, 0.1) is 56.8 Å². The van der Waals surface area contributed by atoms with Gasteiger partial charge in [-0.1, -0.05) is 121 Å². The van der Waals surface area contributed by atoms with Gasteiger partial charge in [0.2, 0.25) is 0 Å². The minimum Gasteiger partial charge on any atom is -0.394 e. The quantitative estimate of drug-likeness (QED) is 0.0443. The number of aliphatic hydroxyl groups is 3. The van der Waals surface area contributed by atoms with E-state index in [2.05, 4.69) is 114 Å². The van der Waals surface area contributed by atoms with E-state index in [1.807, 2.05) is 204 Å². The first-order valence-electron chi connectivity index (χ1n) is 40.3. The van der Waals surface area contributed by atoms with Crippen molar-refractivity contribution < 1.29 is 29.7 Å². The van der Waals surface area contributed by atoms with E-state index in [1.54, 1.807) is 0 Å². The Labute approximate surface area is 673 Å². The molecule has 19 heteroatoms. The number of rotatable bonds is 18. The molecule has 15 rings (SSSR count). The minimum absolute atomic E-state index is 0.00318.